The monoisotopic (exact) mass is 442 g/mol. The van der Waals surface area contributed by atoms with Gasteiger partial charge in [0.25, 0.3) is 0 Å². The van der Waals surface area contributed by atoms with Crippen LogP contribution in [0, 0.1) is 0 Å². The first-order valence-electron chi connectivity index (χ1n) is 12.0. The van der Waals surface area contributed by atoms with Crippen LogP contribution in [-0.4, -0.2) is 40.4 Å². The van der Waals surface area contributed by atoms with E-state index in [9.17, 15) is 0 Å². The Hall–Kier alpha value is -3.42. The lowest BCUT2D eigenvalue weighted by atomic mass is 9.89. The fourth-order valence-electron chi connectivity index (χ4n) is 4.71. The van der Waals surface area contributed by atoms with Crippen molar-refractivity contribution in [2.75, 3.05) is 0 Å². The van der Waals surface area contributed by atoms with Gasteiger partial charge in [-0.3, -0.25) is 4.98 Å². The Morgan fingerprint density at radius 2 is 1.82 bits per heavy atom. The maximum absolute atomic E-state index is 5.06. The van der Waals surface area contributed by atoms with Gasteiger partial charge in [0.15, 0.2) is 5.82 Å². The summed E-state index contributed by atoms with van der Waals surface area (Å²) >= 11 is 0. The first kappa shape index (κ1) is 21.4. The van der Waals surface area contributed by atoms with Crippen LogP contribution in [0.4, 0.5) is 0 Å². The van der Waals surface area contributed by atoms with Crippen molar-refractivity contribution in [2.45, 2.75) is 70.8 Å². The number of nitrogens with one attached hydrogen (secondary N) is 1. The Morgan fingerprint density at radius 3 is 2.61 bits per heavy atom. The summed E-state index contributed by atoms with van der Waals surface area (Å²) in [6, 6.07) is 12.2. The molecule has 5 rings (SSSR count). The summed E-state index contributed by atoms with van der Waals surface area (Å²) in [6.07, 6.45) is 11.0. The quantitative estimate of drug-likeness (QED) is 0.414. The number of aromatic nitrogens is 8. The van der Waals surface area contributed by atoms with Crippen molar-refractivity contribution < 1.29 is 0 Å². The van der Waals surface area contributed by atoms with Crippen LogP contribution in [0.3, 0.4) is 0 Å². The standard InChI is InChI=1S/C25H30N8/c1-2-3-16-33-23(27-24(30-33)18-10-5-4-6-11-18)17-22-20(14-9-15-26-22)19-12-7-8-13-21(19)25-28-31-32-29-25/h7-9,12-15,18H,2-6,10-11,16-17H2,1H3,(H,28,29,31,32). The summed E-state index contributed by atoms with van der Waals surface area (Å²) in [6.45, 7) is 3.11. The molecule has 1 N–H and O–H groups in total. The highest BCUT2D eigenvalue weighted by Crippen LogP contribution is 2.33. The molecule has 4 aromatic rings. The van der Waals surface area contributed by atoms with Gasteiger partial charge < -0.3 is 0 Å². The van der Waals surface area contributed by atoms with E-state index in [0.29, 0.717) is 18.2 Å². The minimum atomic E-state index is 0.488. The summed E-state index contributed by atoms with van der Waals surface area (Å²) in [5.74, 6) is 3.08. The van der Waals surface area contributed by atoms with Gasteiger partial charge in [-0.15, -0.1) is 10.2 Å². The maximum atomic E-state index is 5.06. The van der Waals surface area contributed by atoms with Gasteiger partial charge in [0, 0.05) is 29.8 Å². The van der Waals surface area contributed by atoms with Crippen LogP contribution >= 0.6 is 0 Å². The number of benzene rings is 1. The number of rotatable bonds is 8. The summed E-state index contributed by atoms with van der Waals surface area (Å²) in [5.41, 5.74) is 4.00. The van der Waals surface area contributed by atoms with Gasteiger partial charge in [-0.1, -0.05) is 62.9 Å². The molecule has 0 amide bonds. The molecule has 1 aliphatic carbocycles. The molecule has 33 heavy (non-hydrogen) atoms. The van der Waals surface area contributed by atoms with Crippen molar-refractivity contribution in [3.8, 4) is 22.5 Å². The van der Waals surface area contributed by atoms with Gasteiger partial charge in [0.1, 0.15) is 5.82 Å². The summed E-state index contributed by atoms with van der Waals surface area (Å²) < 4.78 is 2.12. The van der Waals surface area contributed by atoms with Crippen LogP contribution in [0.2, 0.25) is 0 Å². The van der Waals surface area contributed by atoms with Crippen molar-refractivity contribution >= 4 is 0 Å². The van der Waals surface area contributed by atoms with Crippen LogP contribution in [0.25, 0.3) is 22.5 Å². The molecule has 1 aliphatic rings. The Kier molecular flexibility index (Phi) is 6.51. The molecule has 0 aliphatic heterocycles. The summed E-state index contributed by atoms with van der Waals surface area (Å²) in [4.78, 5) is 9.83. The Labute approximate surface area is 193 Å². The van der Waals surface area contributed by atoms with E-state index >= 15 is 0 Å². The fraction of sp³-hybridized carbons (Fsp3) is 0.440. The van der Waals surface area contributed by atoms with Gasteiger partial charge in [0.05, 0.1) is 12.1 Å². The molecule has 1 aromatic carbocycles. The second-order valence-electron chi connectivity index (χ2n) is 8.75. The summed E-state index contributed by atoms with van der Waals surface area (Å²) in [7, 11) is 0. The highest BCUT2D eigenvalue weighted by molar-refractivity contribution is 5.81. The van der Waals surface area contributed by atoms with E-state index in [0.717, 1.165) is 53.4 Å². The van der Waals surface area contributed by atoms with E-state index in [1.54, 1.807) is 0 Å². The molecule has 0 unspecified atom stereocenters. The fourth-order valence-corrected chi connectivity index (χ4v) is 4.71. The van der Waals surface area contributed by atoms with Gasteiger partial charge in [0.2, 0.25) is 5.82 Å². The molecule has 0 spiro atoms. The van der Waals surface area contributed by atoms with Crippen molar-refractivity contribution in [2.24, 2.45) is 0 Å². The first-order chi connectivity index (χ1) is 16.3. The minimum Gasteiger partial charge on any atom is -0.260 e. The first-order valence-corrected chi connectivity index (χ1v) is 12.0. The number of tetrazole rings is 1. The number of hydrogen-bond acceptors (Lipinski definition) is 6. The van der Waals surface area contributed by atoms with Gasteiger partial charge in [-0.25, -0.2) is 9.67 Å². The van der Waals surface area contributed by atoms with Crippen molar-refractivity contribution in [1.82, 2.24) is 40.4 Å². The smallest absolute Gasteiger partial charge is 0.205 e. The molecule has 170 valence electrons. The van der Waals surface area contributed by atoms with E-state index in [1.807, 2.05) is 30.5 Å². The average Bonchev–Trinajstić information content (AvgIpc) is 3.54. The zero-order valence-corrected chi connectivity index (χ0v) is 19.1. The third kappa shape index (κ3) is 4.69. The lowest BCUT2D eigenvalue weighted by Gasteiger charge is -2.18. The Morgan fingerprint density at radius 1 is 1.00 bits per heavy atom. The van der Waals surface area contributed by atoms with Gasteiger partial charge >= 0.3 is 0 Å². The van der Waals surface area contributed by atoms with E-state index < -0.39 is 0 Å². The predicted molar refractivity (Wildman–Crippen MR) is 126 cm³/mol. The van der Waals surface area contributed by atoms with Crippen molar-refractivity contribution in [3.63, 3.8) is 0 Å². The number of aromatic amines is 1. The molecule has 8 nitrogen and oxygen atoms in total. The molecular formula is C25H30N8. The second kappa shape index (κ2) is 10.0. The average molecular weight is 443 g/mol. The molecular weight excluding hydrogens is 412 g/mol. The molecule has 8 heteroatoms. The van der Waals surface area contributed by atoms with Gasteiger partial charge in [-0.05, 0) is 36.1 Å². The molecule has 0 saturated heterocycles. The highest BCUT2D eigenvalue weighted by atomic mass is 15.5. The molecule has 1 fully saturated rings. The summed E-state index contributed by atoms with van der Waals surface area (Å²) in [5, 5.41) is 19.7. The third-order valence-corrected chi connectivity index (χ3v) is 6.48. The lowest BCUT2D eigenvalue weighted by Crippen LogP contribution is -2.09. The maximum Gasteiger partial charge on any atom is 0.205 e. The molecule has 3 aromatic heterocycles. The number of pyridine rings is 1. The van der Waals surface area contributed by atoms with Crippen LogP contribution in [-0.2, 0) is 13.0 Å². The van der Waals surface area contributed by atoms with E-state index in [4.69, 9.17) is 15.1 Å². The van der Waals surface area contributed by atoms with Crippen LogP contribution in [0.5, 0.6) is 0 Å². The van der Waals surface area contributed by atoms with Crippen LogP contribution in [0.1, 0.15) is 75.1 Å². The number of nitrogens with zero attached hydrogens (tertiary/aromatic N) is 7. The van der Waals surface area contributed by atoms with Crippen LogP contribution < -0.4 is 0 Å². The molecule has 3 heterocycles. The Balaban J connectivity index is 1.51. The SMILES string of the molecule is CCCCn1nc(C2CCCCC2)nc1Cc1ncccc1-c1ccccc1-c1nn[nH]n1. The lowest BCUT2D eigenvalue weighted by molar-refractivity contribution is 0.425. The normalized spacial score (nSPS) is 14.6. The van der Waals surface area contributed by atoms with Gasteiger partial charge in [-0.2, -0.15) is 10.3 Å². The topological polar surface area (TPSA) is 98.1 Å². The Bertz CT molecular complexity index is 1170. The molecule has 1 saturated carbocycles. The zero-order chi connectivity index (χ0) is 22.5. The van der Waals surface area contributed by atoms with E-state index in [-0.39, 0.29) is 0 Å². The minimum absolute atomic E-state index is 0.488. The van der Waals surface area contributed by atoms with E-state index in [2.05, 4.69) is 44.4 Å². The van der Waals surface area contributed by atoms with Crippen molar-refractivity contribution in [1.29, 1.82) is 0 Å². The van der Waals surface area contributed by atoms with Crippen LogP contribution in [0.15, 0.2) is 42.6 Å². The molecule has 0 radical (unpaired) electrons. The number of H-pyrrole nitrogens is 1. The number of unbranched alkanes of at least 4 members (excludes halogenated alkanes) is 1. The zero-order valence-electron chi connectivity index (χ0n) is 19.1. The largest absolute Gasteiger partial charge is 0.260 e. The highest BCUT2D eigenvalue weighted by Gasteiger charge is 2.23. The second-order valence-corrected chi connectivity index (χ2v) is 8.75. The van der Waals surface area contributed by atoms with E-state index in [1.165, 1.54) is 32.1 Å². The van der Waals surface area contributed by atoms with Crippen molar-refractivity contribution in [3.05, 3.63) is 59.9 Å². The third-order valence-electron chi connectivity index (χ3n) is 6.48. The molecule has 0 bridgehead atoms. The number of hydrogen-bond donors (Lipinski definition) is 1. The molecule has 0 atom stereocenters. The number of aryl methyl sites for hydroxylation is 1. The predicted octanol–water partition coefficient (Wildman–Crippen LogP) is 4.96.